The molecular weight excluding hydrogens is 278 g/mol. The Hall–Kier alpha value is -1.91. The van der Waals surface area contributed by atoms with Gasteiger partial charge in [-0.05, 0) is 38.8 Å². The fraction of sp³-hybridized carbons (Fsp3) is 0.588. The van der Waals surface area contributed by atoms with Crippen molar-refractivity contribution in [1.29, 1.82) is 0 Å². The van der Waals surface area contributed by atoms with Crippen molar-refractivity contribution >= 4 is 11.8 Å². The third kappa shape index (κ3) is 3.84. The van der Waals surface area contributed by atoms with Gasteiger partial charge in [0.1, 0.15) is 5.69 Å². The number of aromatic nitrogens is 1. The number of rotatable bonds is 4. The lowest BCUT2D eigenvalue weighted by Gasteiger charge is -2.21. The Bertz CT molecular complexity index is 518. The number of amides is 2. The lowest BCUT2D eigenvalue weighted by atomic mass is 10.2. The van der Waals surface area contributed by atoms with Gasteiger partial charge >= 0.3 is 0 Å². The Morgan fingerprint density at radius 2 is 1.77 bits per heavy atom. The van der Waals surface area contributed by atoms with Gasteiger partial charge in [-0.3, -0.25) is 14.6 Å². The Morgan fingerprint density at radius 1 is 1.14 bits per heavy atom. The van der Waals surface area contributed by atoms with Crippen molar-refractivity contribution in [3.63, 3.8) is 0 Å². The van der Waals surface area contributed by atoms with E-state index in [1.165, 1.54) is 12.8 Å². The average Bonchev–Trinajstić information content (AvgIpc) is 2.84. The highest BCUT2D eigenvalue weighted by atomic mass is 16.2. The minimum atomic E-state index is -0.0592. The molecule has 0 aromatic carbocycles. The molecule has 22 heavy (non-hydrogen) atoms. The second-order valence-corrected chi connectivity index (χ2v) is 5.61. The fourth-order valence-corrected chi connectivity index (χ4v) is 2.81. The van der Waals surface area contributed by atoms with Gasteiger partial charge in [0, 0.05) is 37.9 Å². The predicted molar refractivity (Wildman–Crippen MR) is 85.9 cm³/mol. The molecule has 0 radical (unpaired) electrons. The van der Waals surface area contributed by atoms with Crippen LogP contribution in [-0.4, -0.2) is 52.8 Å². The first-order valence-corrected chi connectivity index (χ1v) is 8.22. The smallest absolute Gasteiger partial charge is 0.272 e. The summed E-state index contributed by atoms with van der Waals surface area (Å²) in [4.78, 5) is 32.7. The standard InChI is InChI=1S/C17H25N3O2/c1-3-19(4-2)16(21)14-9-10-18-15(13-14)17(22)20-11-7-5-6-8-12-20/h9-10,13H,3-8,11-12H2,1-2H3. The zero-order valence-corrected chi connectivity index (χ0v) is 13.5. The van der Waals surface area contributed by atoms with E-state index in [4.69, 9.17) is 0 Å². The first-order chi connectivity index (χ1) is 10.7. The van der Waals surface area contributed by atoms with Gasteiger partial charge in [-0.2, -0.15) is 0 Å². The molecule has 0 saturated carbocycles. The van der Waals surface area contributed by atoms with E-state index in [2.05, 4.69) is 4.98 Å². The molecule has 0 N–H and O–H groups in total. The molecule has 2 amide bonds. The molecular formula is C17H25N3O2. The largest absolute Gasteiger partial charge is 0.339 e. The highest BCUT2D eigenvalue weighted by molar-refractivity contribution is 5.98. The lowest BCUT2D eigenvalue weighted by Crippen LogP contribution is -2.33. The first kappa shape index (κ1) is 16.5. The van der Waals surface area contributed by atoms with Crippen LogP contribution in [-0.2, 0) is 0 Å². The van der Waals surface area contributed by atoms with Crippen molar-refractivity contribution in [2.75, 3.05) is 26.2 Å². The quantitative estimate of drug-likeness (QED) is 0.859. The summed E-state index contributed by atoms with van der Waals surface area (Å²) in [5, 5.41) is 0. The molecule has 1 aliphatic rings. The summed E-state index contributed by atoms with van der Waals surface area (Å²) in [6, 6.07) is 3.31. The zero-order chi connectivity index (χ0) is 15.9. The second-order valence-electron chi connectivity index (χ2n) is 5.61. The van der Waals surface area contributed by atoms with Crippen LogP contribution in [0.15, 0.2) is 18.3 Å². The van der Waals surface area contributed by atoms with E-state index >= 15 is 0 Å². The summed E-state index contributed by atoms with van der Waals surface area (Å²) in [6.07, 6.45) is 6.00. The molecule has 2 rings (SSSR count). The highest BCUT2D eigenvalue weighted by Gasteiger charge is 2.20. The van der Waals surface area contributed by atoms with Crippen LogP contribution in [0.3, 0.4) is 0 Å². The molecule has 1 saturated heterocycles. The number of hydrogen-bond acceptors (Lipinski definition) is 3. The minimum absolute atomic E-state index is 0.0442. The summed E-state index contributed by atoms with van der Waals surface area (Å²) in [5.74, 6) is -0.103. The maximum Gasteiger partial charge on any atom is 0.272 e. The summed E-state index contributed by atoms with van der Waals surface area (Å²) < 4.78 is 0. The number of likely N-dealkylation sites (tertiary alicyclic amines) is 1. The van der Waals surface area contributed by atoms with E-state index in [0.717, 1.165) is 25.9 Å². The predicted octanol–water partition coefficient (Wildman–Crippen LogP) is 2.58. The molecule has 1 fully saturated rings. The third-order valence-corrected chi connectivity index (χ3v) is 4.17. The molecule has 1 aliphatic heterocycles. The topological polar surface area (TPSA) is 53.5 Å². The van der Waals surface area contributed by atoms with Crippen LogP contribution in [0.1, 0.15) is 60.4 Å². The van der Waals surface area contributed by atoms with Crippen LogP contribution in [0.5, 0.6) is 0 Å². The molecule has 120 valence electrons. The molecule has 0 aliphatic carbocycles. The molecule has 5 heteroatoms. The Kier molecular flexibility index (Phi) is 5.92. The van der Waals surface area contributed by atoms with Crippen LogP contribution in [0.2, 0.25) is 0 Å². The summed E-state index contributed by atoms with van der Waals surface area (Å²) >= 11 is 0. The number of pyridine rings is 1. The van der Waals surface area contributed by atoms with E-state index in [1.807, 2.05) is 18.7 Å². The highest BCUT2D eigenvalue weighted by Crippen LogP contribution is 2.14. The van der Waals surface area contributed by atoms with Gasteiger partial charge in [-0.15, -0.1) is 0 Å². The Balaban J connectivity index is 2.16. The van der Waals surface area contributed by atoms with Crippen molar-refractivity contribution in [3.8, 4) is 0 Å². The van der Waals surface area contributed by atoms with Crippen LogP contribution < -0.4 is 0 Å². The third-order valence-electron chi connectivity index (χ3n) is 4.17. The van der Waals surface area contributed by atoms with Gasteiger partial charge in [0.25, 0.3) is 11.8 Å². The van der Waals surface area contributed by atoms with Crippen molar-refractivity contribution in [2.24, 2.45) is 0 Å². The van der Waals surface area contributed by atoms with Crippen LogP contribution in [0, 0.1) is 0 Å². The zero-order valence-electron chi connectivity index (χ0n) is 13.5. The van der Waals surface area contributed by atoms with Gasteiger partial charge in [0.15, 0.2) is 0 Å². The van der Waals surface area contributed by atoms with E-state index in [0.29, 0.717) is 24.3 Å². The van der Waals surface area contributed by atoms with E-state index in [9.17, 15) is 9.59 Å². The minimum Gasteiger partial charge on any atom is -0.339 e. The summed E-state index contributed by atoms with van der Waals surface area (Å²) in [6.45, 7) is 6.79. The van der Waals surface area contributed by atoms with E-state index in [-0.39, 0.29) is 11.8 Å². The molecule has 2 heterocycles. The molecule has 0 unspecified atom stereocenters. The summed E-state index contributed by atoms with van der Waals surface area (Å²) in [5.41, 5.74) is 0.914. The Labute approximate surface area is 132 Å². The van der Waals surface area contributed by atoms with Crippen molar-refractivity contribution in [2.45, 2.75) is 39.5 Å². The van der Waals surface area contributed by atoms with Gasteiger partial charge < -0.3 is 9.80 Å². The molecule has 5 nitrogen and oxygen atoms in total. The molecule has 0 atom stereocenters. The molecule has 0 spiro atoms. The summed E-state index contributed by atoms with van der Waals surface area (Å²) in [7, 11) is 0. The number of hydrogen-bond donors (Lipinski definition) is 0. The van der Waals surface area contributed by atoms with Gasteiger partial charge in [0.05, 0.1) is 0 Å². The van der Waals surface area contributed by atoms with E-state index < -0.39 is 0 Å². The second kappa shape index (κ2) is 7.92. The van der Waals surface area contributed by atoms with Gasteiger partial charge in [-0.25, -0.2) is 0 Å². The molecule has 0 bridgehead atoms. The normalized spacial score (nSPS) is 15.3. The first-order valence-electron chi connectivity index (χ1n) is 8.22. The van der Waals surface area contributed by atoms with Crippen LogP contribution in [0.25, 0.3) is 0 Å². The van der Waals surface area contributed by atoms with Crippen LogP contribution >= 0.6 is 0 Å². The van der Waals surface area contributed by atoms with Gasteiger partial charge in [0.2, 0.25) is 0 Å². The lowest BCUT2D eigenvalue weighted by molar-refractivity contribution is 0.0755. The number of nitrogens with zero attached hydrogens (tertiary/aromatic N) is 3. The van der Waals surface area contributed by atoms with Gasteiger partial charge in [-0.1, -0.05) is 12.8 Å². The fourth-order valence-electron chi connectivity index (χ4n) is 2.81. The SMILES string of the molecule is CCN(CC)C(=O)c1ccnc(C(=O)N2CCCCCC2)c1. The van der Waals surface area contributed by atoms with E-state index in [1.54, 1.807) is 23.2 Å². The van der Waals surface area contributed by atoms with Crippen molar-refractivity contribution < 1.29 is 9.59 Å². The number of carbonyl (C=O) groups excluding carboxylic acids is 2. The maximum absolute atomic E-state index is 12.6. The average molecular weight is 303 g/mol. The van der Waals surface area contributed by atoms with Crippen molar-refractivity contribution in [1.82, 2.24) is 14.8 Å². The maximum atomic E-state index is 12.6. The molecule has 1 aromatic rings. The molecule has 1 aromatic heterocycles. The number of carbonyl (C=O) groups is 2. The Morgan fingerprint density at radius 3 is 2.36 bits per heavy atom. The van der Waals surface area contributed by atoms with Crippen LogP contribution in [0.4, 0.5) is 0 Å². The monoisotopic (exact) mass is 303 g/mol. The van der Waals surface area contributed by atoms with Crippen molar-refractivity contribution in [3.05, 3.63) is 29.6 Å².